The Kier molecular flexibility index (Phi) is 3.84. The van der Waals surface area contributed by atoms with Crippen molar-refractivity contribution >= 4 is 11.4 Å². The summed E-state index contributed by atoms with van der Waals surface area (Å²) in [6.07, 6.45) is 0. The third kappa shape index (κ3) is 2.61. The second-order valence-corrected chi connectivity index (χ2v) is 5.77. The van der Waals surface area contributed by atoms with Crippen LogP contribution in [0.5, 0.6) is 0 Å². The molecule has 1 aliphatic heterocycles. The number of fused-ring (bicyclic) bond motifs is 1. The normalized spacial score (nSPS) is 15.8. The summed E-state index contributed by atoms with van der Waals surface area (Å²) in [5.41, 5.74) is 11.3. The average molecular weight is 281 g/mol. The average Bonchev–Trinajstić information content (AvgIpc) is 2.52. The fraction of sp³-hybridized carbons (Fsp3) is 0.333. The van der Waals surface area contributed by atoms with Gasteiger partial charge >= 0.3 is 0 Å². The molecule has 0 saturated carbocycles. The van der Waals surface area contributed by atoms with Gasteiger partial charge in [-0.3, -0.25) is 0 Å². The quantitative estimate of drug-likeness (QED) is 0.939. The van der Waals surface area contributed by atoms with E-state index in [0.29, 0.717) is 6.54 Å². The number of aryl methyl sites for hydroxylation is 1. The van der Waals surface area contributed by atoms with Gasteiger partial charge in [0.15, 0.2) is 0 Å². The number of para-hydroxylation sites is 2. The smallest absolute Gasteiger partial charge is 0.0666 e. The molecule has 1 heterocycles. The highest BCUT2D eigenvalue weighted by atomic mass is 15.3. The van der Waals surface area contributed by atoms with Gasteiger partial charge in [0, 0.05) is 26.7 Å². The van der Waals surface area contributed by atoms with Crippen LogP contribution >= 0.6 is 0 Å². The number of anilines is 2. The van der Waals surface area contributed by atoms with Gasteiger partial charge in [0.1, 0.15) is 0 Å². The zero-order valence-electron chi connectivity index (χ0n) is 12.8. The van der Waals surface area contributed by atoms with Crippen molar-refractivity contribution in [1.29, 1.82) is 0 Å². The van der Waals surface area contributed by atoms with Gasteiger partial charge in [-0.05, 0) is 24.6 Å². The van der Waals surface area contributed by atoms with Crippen molar-refractivity contribution in [3.05, 3.63) is 59.7 Å². The van der Waals surface area contributed by atoms with E-state index in [1.807, 2.05) is 0 Å². The highest BCUT2D eigenvalue weighted by Gasteiger charge is 2.26. The number of likely N-dealkylation sites (N-methyl/N-ethyl adjacent to an activating group) is 1. The van der Waals surface area contributed by atoms with Crippen molar-refractivity contribution in [3.63, 3.8) is 0 Å². The molecule has 0 amide bonds. The van der Waals surface area contributed by atoms with Crippen LogP contribution in [0.15, 0.2) is 48.5 Å². The van der Waals surface area contributed by atoms with Crippen LogP contribution in [0.1, 0.15) is 17.2 Å². The first kappa shape index (κ1) is 14.0. The zero-order valence-corrected chi connectivity index (χ0v) is 12.8. The van der Waals surface area contributed by atoms with E-state index in [-0.39, 0.29) is 6.04 Å². The minimum absolute atomic E-state index is 0.237. The topological polar surface area (TPSA) is 32.5 Å². The van der Waals surface area contributed by atoms with Gasteiger partial charge in [0.2, 0.25) is 0 Å². The summed E-state index contributed by atoms with van der Waals surface area (Å²) >= 11 is 0. The first-order valence-corrected chi connectivity index (χ1v) is 7.54. The Morgan fingerprint density at radius 1 is 1.00 bits per heavy atom. The van der Waals surface area contributed by atoms with Crippen LogP contribution in [0.4, 0.5) is 11.4 Å². The van der Waals surface area contributed by atoms with Crippen LogP contribution < -0.4 is 15.5 Å². The lowest BCUT2D eigenvalue weighted by Crippen LogP contribution is -2.43. The number of nitrogens with two attached hydrogens (primary N) is 1. The zero-order chi connectivity index (χ0) is 14.8. The van der Waals surface area contributed by atoms with E-state index in [4.69, 9.17) is 5.73 Å². The lowest BCUT2D eigenvalue weighted by molar-refractivity contribution is 0.610. The van der Waals surface area contributed by atoms with E-state index in [1.54, 1.807) is 0 Å². The minimum atomic E-state index is 0.237. The molecule has 0 fully saturated rings. The summed E-state index contributed by atoms with van der Waals surface area (Å²) < 4.78 is 0. The molecule has 2 N–H and O–H groups in total. The van der Waals surface area contributed by atoms with Crippen LogP contribution in [0.3, 0.4) is 0 Å². The number of hydrogen-bond acceptors (Lipinski definition) is 3. The Morgan fingerprint density at radius 3 is 2.33 bits per heavy atom. The molecule has 1 atom stereocenters. The summed E-state index contributed by atoms with van der Waals surface area (Å²) in [7, 11) is 2.15. The maximum absolute atomic E-state index is 6.11. The fourth-order valence-electron chi connectivity index (χ4n) is 3.08. The predicted molar refractivity (Wildman–Crippen MR) is 90.0 cm³/mol. The molecule has 110 valence electrons. The Morgan fingerprint density at radius 2 is 1.67 bits per heavy atom. The summed E-state index contributed by atoms with van der Waals surface area (Å²) in [6.45, 7) is 4.77. The summed E-state index contributed by atoms with van der Waals surface area (Å²) in [5, 5.41) is 0. The van der Waals surface area contributed by atoms with E-state index in [2.05, 4.69) is 72.3 Å². The Hall–Kier alpha value is -2.00. The first-order chi connectivity index (χ1) is 10.2. The largest absolute Gasteiger partial charge is 0.371 e. The van der Waals surface area contributed by atoms with Gasteiger partial charge in [0.25, 0.3) is 0 Å². The predicted octanol–water partition coefficient (Wildman–Crippen LogP) is 2.95. The molecule has 2 aromatic carbocycles. The van der Waals surface area contributed by atoms with Crippen LogP contribution in [-0.4, -0.2) is 26.7 Å². The molecule has 2 aromatic rings. The number of hydrogen-bond donors (Lipinski definition) is 1. The van der Waals surface area contributed by atoms with E-state index < -0.39 is 0 Å². The standard InChI is InChI=1S/C18H23N3/c1-14-7-9-15(10-8-14)18(13-19)21-12-11-20(2)16-5-3-4-6-17(16)21/h3-10,18H,11-13,19H2,1-2H3. The SMILES string of the molecule is Cc1ccc(C(CN)N2CCN(C)c3ccccc32)cc1. The Labute approximate surface area is 127 Å². The van der Waals surface area contributed by atoms with E-state index in [1.165, 1.54) is 22.5 Å². The Bertz CT molecular complexity index is 606. The second-order valence-electron chi connectivity index (χ2n) is 5.77. The molecule has 0 bridgehead atoms. The third-order valence-corrected chi connectivity index (χ3v) is 4.34. The molecule has 3 rings (SSSR count). The molecule has 0 aliphatic carbocycles. The van der Waals surface area contributed by atoms with Crippen molar-refractivity contribution in [2.75, 3.05) is 36.5 Å². The number of nitrogens with zero attached hydrogens (tertiary/aromatic N) is 2. The van der Waals surface area contributed by atoms with Gasteiger partial charge in [-0.1, -0.05) is 42.0 Å². The van der Waals surface area contributed by atoms with E-state index in [9.17, 15) is 0 Å². The first-order valence-electron chi connectivity index (χ1n) is 7.54. The van der Waals surface area contributed by atoms with Crippen molar-refractivity contribution < 1.29 is 0 Å². The van der Waals surface area contributed by atoms with Gasteiger partial charge in [-0.15, -0.1) is 0 Å². The van der Waals surface area contributed by atoms with E-state index in [0.717, 1.165) is 13.1 Å². The van der Waals surface area contributed by atoms with Crippen LogP contribution in [-0.2, 0) is 0 Å². The van der Waals surface area contributed by atoms with E-state index >= 15 is 0 Å². The molecule has 0 saturated heterocycles. The number of benzene rings is 2. The molecule has 21 heavy (non-hydrogen) atoms. The number of rotatable bonds is 3. The summed E-state index contributed by atoms with van der Waals surface area (Å²) in [4.78, 5) is 4.76. The van der Waals surface area contributed by atoms with Crippen molar-refractivity contribution in [2.24, 2.45) is 5.73 Å². The molecule has 0 aromatic heterocycles. The highest BCUT2D eigenvalue weighted by Crippen LogP contribution is 2.36. The second kappa shape index (κ2) is 5.78. The van der Waals surface area contributed by atoms with Crippen LogP contribution in [0.25, 0.3) is 0 Å². The lowest BCUT2D eigenvalue weighted by atomic mass is 10.0. The molecule has 3 heteroatoms. The van der Waals surface area contributed by atoms with Crippen molar-refractivity contribution in [1.82, 2.24) is 0 Å². The van der Waals surface area contributed by atoms with Gasteiger partial charge < -0.3 is 15.5 Å². The lowest BCUT2D eigenvalue weighted by Gasteiger charge is -2.41. The highest BCUT2D eigenvalue weighted by molar-refractivity contribution is 5.73. The van der Waals surface area contributed by atoms with Gasteiger partial charge in [-0.25, -0.2) is 0 Å². The maximum Gasteiger partial charge on any atom is 0.0666 e. The molecule has 3 nitrogen and oxygen atoms in total. The molecule has 1 aliphatic rings. The third-order valence-electron chi connectivity index (χ3n) is 4.34. The minimum Gasteiger partial charge on any atom is -0.371 e. The molecule has 0 spiro atoms. The van der Waals surface area contributed by atoms with Crippen molar-refractivity contribution in [2.45, 2.75) is 13.0 Å². The van der Waals surface area contributed by atoms with Crippen LogP contribution in [0, 0.1) is 6.92 Å². The van der Waals surface area contributed by atoms with Gasteiger partial charge in [-0.2, -0.15) is 0 Å². The van der Waals surface area contributed by atoms with Gasteiger partial charge in [0.05, 0.1) is 17.4 Å². The van der Waals surface area contributed by atoms with Crippen molar-refractivity contribution in [3.8, 4) is 0 Å². The molecule has 0 radical (unpaired) electrons. The van der Waals surface area contributed by atoms with Crippen LogP contribution in [0.2, 0.25) is 0 Å². The summed E-state index contributed by atoms with van der Waals surface area (Å²) in [6, 6.07) is 17.6. The monoisotopic (exact) mass is 281 g/mol. The molecular weight excluding hydrogens is 258 g/mol. The maximum atomic E-state index is 6.11. The molecular formula is C18H23N3. The Balaban J connectivity index is 1.98. The fourth-order valence-corrected chi connectivity index (χ4v) is 3.08. The summed E-state index contributed by atoms with van der Waals surface area (Å²) in [5.74, 6) is 0. The molecule has 1 unspecified atom stereocenters.